The van der Waals surface area contributed by atoms with Gasteiger partial charge in [-0.1, -0.05) is 0 Å². The second-order valence-electron chi connectivity index (χ2n) is 3.80. The third-order valence-electron chi connectivity index (χ3n) is 2.49. The SMILES string of the molecule is Cc1nc(C(=O)Nc2ccc(C#N)cc2)sc1C. The highest BCUT2D eigenvalue weighted by molar-refractivity contribution is 7.13. The van der Waals surface area contributed by atoms with Gasteiger partial charge in [-0.05, 0) is 38.1 Å². The van der Waals surface area contributed by atoms with Gasteiger partial charge in [0.25, 0.3) is 5.91 Å². The fourth-order valence-corrected chi connectivity index (χ4v) is 2.19. The Balaban J connectivity index is 2.13. The van der Waals surface area contributed by atoms with Gasteiger partial charge in [0.15, 0.2) is 5.01 Å². The van der Waals surface area contributed by atoms with Crippen molar-refractivity contribution >= 4 is 22.9 Å². The number of rotatable bonds is 2. The topological polar surface area (TPSA) is 65.8 Å². The first-order chi connectivity index (χ1) is 8.60. The minimum atomic E-state index is -0.221. The van der Waals surface area contributed by atoms with E-state index in [1.807, 2.05) is 19.9 Å². The van der Waals surface area contributed by atoms with Gasteiger partial charge in [0, 0.05) is 10.6 Å². The molecule has 2 aromatic rings. The largest absolute Gasteiger partial charge is 0.320 e. The maximum absolute atomic E-state index is 11.9. The molecule has 5 heteroatoms. The van der Waals surface area contributed by atoms with E-state index < -0.39 is 0 Å². The smallest absolute Gasteiger partial charge is 0.284 e. The number of benzene rings is 1. The zero-order valence-corrected chi connectivity index (χ0v) is 10.8. The van der Waals surface area contributed by atoms with Gasteiger partial charge < -0.3 is 5.32 Å². The summed E-state index contributed by atoms with van der Waals surface area (Å²) >= 11 is 1.37. The summed E-state index contributed by atoms with van der Waals surface area (Å²) in [5.41, 5.74) is 2.10. The standard InChI is InChI=1S/C13H11N3OS/c1-8-9(2)18-13(15-8)12(17)16-11-5-3-10(7-14)4-6-11/h3-6H,1-2H3,(H,16,17). The van der Waals surface area contributed by atoms with Crippen LogP contribution in [0.5, 0.6) is 0 Å². The average Bonchev–Trinajstić information content (AvgIpc) is 2.71. The Morgan fingerprint density at radius 3 is 2.50 bits per heavy atom. The summed E-state index contributed by atoms with van der Waals surface area (Å²) < 4.78 is 0. The lowest BCUT2D eigenvalue weighted by atomic mass is 10.2. The van der Waals surface area contributed by atoms with Crippen molar-refractivity contribution in [1.29, 1.82) is 5.26 Å². The molecule has 0 saturated heterocycles. The molecule has 1 N–H and O–H groups in total. The minimum Gasteiger partial charge on any atom is -0.320 e. The van der Waals surface area contributed by atoms with Crippen LogP contribution in [0.15, 0.2) is 24.3 Å². The Bertz CT molecular complexity index is 603. The van der Waals surface area contributed by atoms with Gasteiger partial charge in [-0.15, -0.1) is 11.3 Å². The molecule has 0 bridgehead atoms. The van der Waals surface area contributed by atoms with Crippen LogP contribution in [0.2, 0.25) is 0 Å². The fraction of sp³-hybridized carbons (Fsp3) is 0.154. The summed E-state index contributed by atoms with van der Waals surface area (Å²) in [5, 5.41) is 11.9. The number of amides is 1. The van der Waals surface area contributed by atoms with Crippen LogP contribution in [0.3, 0.4) is 0 Å². The van der Waals surface area contributed by atoms with Crippen LogP contribution < -0.4 is 5.32 Å². The molecule has 0 aliphatic rings. The number of thiazole rings is 1. The van der Waals surface area contributed by atoms with Crippen LogP contribution in [0, 0.1) is 25.2 Å². The van der Waals surface area contributed by atoms with Gasteiger partial charge in [0.2, 0.25) is 0 Å². The maximum atomic E-state index is 11.9. The number of hydrogen-bond donors (Lipinski definition) is 1. The molecule has 0 saturated carbocycles. The average molecular weight is 257 g/mol. The number of nitrogens with zero attached hydrogens (tertiary/aromatic N) is 2. The van der Waals surface area contributed by atoms with Crippen LogP contribution in [-0.2, 0) is 0 Å². The van der Waals surface area contributed by atoms with E-state index in [9.17, 15) is 4.79 Å². The molecule has 0 radical (unpaired) electrons. The van der Waals surface area contributed by atoms with Crippen molar-refractivity contribution in [2.45, 2.75) is 13.8 Å². The number of nitriles is 1. The number of nitrogens with one attached hydrogen (secondary N) is 1. The molecule has 0 aliphatic carbocycles. The van der Waals surface area contributed by atoms with E-state index >= 15 is 0 Å². The van der Waals surface area contributed by atoms with Gasteiger partial charge in [-0.2, -0.15) is 5.26 Å². The van der Waals surface area contributed by atoms with Gasteiger partial charge in [0.1, 0.15) is 0 Å². The highest BCUT2D eigenvalue weighted by atomic mass is 32.1. The number of carbonyl (C=O) groups is 1. The lowest BCUT2D eigenvalue weighted by molar-refractivity contribution is 0.102. The highest BCUT2D eigenvalue weighted by Gasteiger charge is 2.12. The number of anilines is 1. The third-order valence-corrected chi connectivity index (χ3v) is 3.57. The number of carbonyl (C=O) groups excluding carboxylic acids is 1. The summed E-state index contributed by atoms with van der Waals surface area (Å²) in [7, 11) is 0. The summed E-state index contributed by atoms with van der Waals surface area (Å²) in [6.45, 7) is 3.82. The molecule has 18 heavy (non-hydrogen) atoms. The number of aromatic nitrogens is 1. The molecule has 2 rings (SSSR count). The van der Waals surface area contributed by atoms with Crippen molar-refractivity contribution in [3.63, 3.8) is 0 Å². The predicted octanol–water partition coefficient (Wildman–Crippen LogP) is 2.88. The van der Waals surface area contributed by atoms with E-state index in [0.717, 1.165) is 10.6 Å². The number of aryl methyl sites for hydroxylation is 2. The van der Waals surface area contributed by atoms with Crippen molar-refractivity contribution in [3.8, 4) is 6.07 Å². The van der Waals surface area contributed by atoms with Crippen molar-refractivity contribution in [2.24, 2.45) is 0 Å². The Labute approximate surface area is 109 Å². The Kier molecular flexibility index (Phi) is 3.40. The van der Waals surface area contributed by atoms with Crippen LogP contribution in [0.25, 0.3) is 0 Å². The molecule has 0 spiro atoms. The monoisotopic (exact) mass is 257 g/mol. The fourth-order valence-electron chi connectivity index (χ4n) is 1.38. The van der Waals surface area contributed by atoms with Crippen molar-refractivity contribution < 1.29 is 4.79 Å². The quantitative estimate of drug-likeness (QED) is 0.899. The molecule has 0 aliphatic heterocycles. The van der Waals surface area contributed by atoms with Gasteiger partial charge in [0.05, 0.1) is 17.3 Å². The molecule has 1 aromatic carbocycles. The number of hydrogen-bond acceptors (Lipinski definition) is 4. The first kappa shape index (κ1) is 12.3. The Morgan fingerprint density at radius 2 is 2.00 bits per heavy atom. The zero-order valence-electron chi connectivity index (χ0n) is 10.0. The molecule has 0 atom stereocenters. The molecule has 1 amide bonds. The lowest BCUT2D eigenvalue weighted by Gasteiger charge is -2.02. The molecular formula is C13H11N3OS. The summed E-state index contributed by atoms with van der Waals surface area (Å²) in [6, 6.07) is 8.74. The Hall–Kier alpha value is -2.19. The second kappa shape index (κ2) is 4.98. The first-order valence-electron chi connectivity index (χ1n) is 5.35. The highest BCUT2D eigenvalue weighted by Crippen LogP contribution is 2.18. The summed E-state index contributed by atoms with van der Waals surface area (Å²) in [5.74, 6) is -0.221. The molecule has 0 fully saturated rings. The molecule has 1 heterocycles. The molecular weight excluding hydrogens is 246 g/mol. The van der Waals surface area contributed by atoms with E-state index in [4.69, 9.17) is 5.26 Å². The maximum Gasteiger partial charge on any atom is 0.284 e. The normalized spacial score (nSPS) is 9.83. The first-order valence-corrected chi connectivity index (χ1v) is 6.17. The van der Waals surface area contributed by atoms with E-state index in [1.165, 1.54) is 11.3 Å². The van der Waals surface area contributed by atoms with Crippen LogP contribution >= 0.6 is 11.3 Å². The molecule has 90 valence electrons. The van der Waals surface area contributed by atoms with Gasteiger partial charge in [-0.25, -0.2) is 4.98 Å². The van der Waals surface area contributed by atoms with Crippen molar-refractivity contribution in [1.82, 2.24) is 4.98 Å². The van der Waals surface area contributed by atoms with Gasteiger partial charge >= 0.3 is 0 Å². The predicted molar refractivity (Wildman–Crippen MR) is 70.7 cm³/mol. The van der Waals surface area contributed by atoms with Crippen LogP contribution in [0.4, 0.5) is 5.69 Å². The van der Waals surface area contributed by atoms with Crippen molar-refractivity contribution in [3.05, 3.63) is 45.4 Å². The van der Waals surface area contributed by atoms with Crippen LogP contribution in [0.1, 0.15) is 25.9 Å². The second-order valence-corrected chi connectivity index (χ2v) is 5.01. The summed E-state index contributed by atoms with van der Waals surface area (Å²) in [6.07, 6.45) is 0. The molecule has 4 nitrogen and oxygen atoms in total. The van der Waals surface area contributed by atoms with E-state index in [-0.39, 0.29) is 5.91 Å². The zero-order chi connectivity index (χ0) is 13.1. The lowest BCUT2D eigenvalue weighted by Crippen LogP contribution is -2.11. The molecule has 1 aromatic heterocycles. The van der Waals surface area contributed by atoms with E-state index in [1.54, 1.807) is 24.3 Å². The van der Waals surface area contributed by atoms with E-state index in [2.05, 4.69) is 10.3 Å². The minimum absolute atomic E-state index is 0.221. The van der Waals surface area contributed by atoms with Crippen molar-refractivity contribution in [2.75, 3.05) is 5.32 Å². The Morgan fingerprint density at radius 1 is 1.33 bits per heavy atom. The van der Waals surface area contributed by atoms with Gasteiger partial charge in [-0.3, -0.25) is 4.79 Å². The molecule has 0 unspecified atom stereocenters. The summed E-state index contributed by atoms with van der Waals surface area (Å²) in [4.78, 5) is 17.1. The van der Waals surface area contributed by atoms with Crippen LogP contribution in [-0.4, -0.2) is 10.9 Å². The third kappa shape index (κ3) is 2.55. The van der Waals surface area contributed by atoms with E-state index in [0.29, 0.717) is 16.3 Å².